The molecule has 3 rings (SSSR count). The number of pyridine rings is 1. The fourth-order valence-electron chi connectivity index (χ4n) is 3.92. The van der Waals surface area contributed by atoms with Crippen molar-refractivity contribution < 1.29 is 0 Å². The highest BCUT2D eigenvalue weighted by Gasteiger charge is 2.35. The van der Waals surface area contributed by atoms with Crippen LogP contribution in [0.1, 0.15) is 50.5 Å². The summed E-state index contributed by atoms with van der Waals surface area (Å²) in [5.74, 6) is 6.35. The van der Waals surface area contributed by atoms with Crippen LogP contribution in [0.25, 0.3) is 0 Å². The molecule has 0 atom stereocenters. The van der Waals surface area contributed by atoms with Crippen LogP contribution in [-0.4, -0.2) is 23.0 Å². The Labute approximate surface area is 121 Å². The van der Waals surface area contributed by atoms with Crippen LogP contribution in [0.3, 0.4) is 0 Å². The van der Waals surface area contributed by atoms with Crippen molar-refractivity contribution in [3.63, 3.8) is 0 Å². The first kappa shape index (κ1) is 13.8. The molecule has 2 heterocycles. The van der Waals surface area contributed by atoms with Crippen molar-refractivity contribution in [2.45, 2.75) is 51.5 Å². The van der Waals surface area contributed by atoms with Crippen LogP contribution in [0.4, 0.5) is 5.82 Å². The van der Waals surface area contributed by atoms with Gasteiger partial charge in [-0.2, -0.15) is 0 Å². The SMILES string of the molecule is NNc1ncccc1CN1CCC2(CCCCC2)CC1. The Balaban J connectivity index is 1.58. The van der Waals surface area contributed by atoms with Gasteiger partial charge in [0, 0.05) is 18.3 Å². The van der Waals surface area contributed by atoms with Crippen molar-refractivity contribution in [3.05, 3.63) is 23.9 Å². The van der Waals surface area contributed by atoms with Crippen molar-refractivity contribution in [2.24, 2.45) is 11.3 Å². The molecular weight excluding hydrogens is 248 g/mol. The summed E-state index contributed by atoms with van der Waals surface area (Å²) < 4.78 is 0. The summed E-state index contributed by atoms with van der Waals surface area (Å²) in [6.45, 7) is 3.40. The van der Waals surface area contributed by atoms with Crippen LogP contribution in [0, 0.1) is 5.41 Å². The molecule has 1 spiro atoms. The maximum Gasteiger partial charge on any atom is 0.144 e. The Hall–Kier alpha value is -1.13. The second-order valence-electron chi connectivity index (χ2n) is 6.49. The Morgan fingerprint density at radius 3 is 2.60 bits per heavy atom. The van der Waals surface area contributed by atoms with Crippen LogP contribution < -0.4 is 11.3 Å². The van der Waals surface area contributed by atoms with Crippen LogP contribution >= 0.6 is 0 Å². The molecule has 4 heteroatoms. The minimum absolute atomic E-state index is 0.679. The summed E-state index contributed by atoms with van der Waals surface area (Å²) in [6, 6.07) is 4.11. The van der Waals surface area contributed by atoms with Gasteiger partial charge in [-0.15, -0.1) is 0 Å². The lowest BCUT2D eigenvalue weighted by atomic mass is 9.68. The maximum absolute atomic E-state index is 5.54. The summed E-state index contributed by atoms with van der Waals surface area (Å²) in [7, 11) is 0. The van der Waals surface area contributed by atoms with E-state index in [-0.39, 0.29) is 0 Å². The van der Waals surface area contributed by atoms with E-state index in [0.717, 1.165) is 12.4 Å². The Bertz CT molecular complexity index is 430. The van der Waals surface area contributed by atoms with E-state index < -0.39 is 0 Å². The minimum atomic E-state index is 0.679. The topological polar surface area (TPSA) is 54.2 Å². The van der Waals surface area contributed by atoms with E-state index in [9.17, 15) is 0 Å². The molecule has 2 aliphatic rings. The molecule has 1 saturated carbocycles. The number of hydrazine groups is 1. The molecule has 110 valence electrons. The lowest BCUT2D eigenvalue weighted by Crippen LogP contribution is -2.40. The number of anilines is 1. The zero-order chi connectivity index (χ0) is 13.8. The van der Waals surface area contributed by atoms with E-state index in [2.05, 4.69) is 21.4 Å². The van der Waals surface area contributed by atoms with Gasteiger partial charge in [0.2, 0.25) is 0 Å². The number of nitrogens with two attached hydrogens (primary N) is 1. The molecule has 0 bridgehead atoms. The van der Waals surface area contributed by atoms with Gasteiger partial charge in [-0.3, -0.25) is 4.90 Å². The number of nitrogens with one attached hydrogen (secondary N) is 1. The third kappa shape index (κ3) is 2.96. The van der Waals surface area contributed by atoms with Gasteiger partial charge in [-0.1, -0.05) is 25.3 Å². The molecule has 1 aromatic rings. The van der Waals surface area contributed by atoms with E-state index in [1.165, 1.54) is 63.6 Å². The lowest BCUT2D eigenvalue weighted by molar-refractivity contribution is 0.0642. The number of rotatable bonds is 3. The summed E-state index contributed by atoms with van der Waals surface area (Å²) >= 11 is 0. The number of aromatic nitrogens is 1. The van der Waals surface area contributed by atoms with Gasteiger partial charge in [0.05, 0.1) is 0 Å². The maximum atomic E-state index is 5.54. The molecule has 4 nitrogen and oxygen atoms in total. The van der Waals surface area contributed by atoms with Gasteiger partial charge < -0.3 is 5.43 Å². The van der Waals surface area contributed by atoms with E-state index in [0.29, 0.717) is 5.41 Å². The molecule has 1 aromatic heterocycles. The van der Waals surface area contributed by atoms with Crippen molar-refractivity contribution in [3.8, 4) is 0 Å². The largest absolute Gasteiger partial charge is 0.308 e. The average Bonchev–Trinajstić information content (AvgIpc) is 2.51. The molecule has 1 aliphatic carbocycles. The van der Waals surface area contributed by atoms with Gasteiger partial charge in [0.1, 0.15) is 5.82 Å². The normalized spacial score (nSPS) is 22.9. The van der Waals surface area contributed by atoms with Crippen molar-refractivity contribution in [1.29, 1.82) is 0 Å². The summed E-state index contributed by atoms with van der Waals surface area (Å²) in [5.41, 5.74) is 4.59. The van der Waals surface area contributed by atoms with Crippen LogP contribution in [0.15, 0.2) is 18.3 Å². The molecule has 3 N–H and O–H groups in total. The van der Waals surface area contributed by atoms with Crippen molar-refractivity contribution in [1.82, 2.24) is 9.88 Å². The fraction of sp³-hybridized carbons (Fsp3) is 0.688. The standard InChI is InChI=1S/C16H26N4/c17-19-15-14(5-4-10-18-15)13-20-11-8-16(9-12-20)6-2-1-3-7-16/h4-5,10H,1-3,6-9,11-13,17H2,(H,18,19). The van der Waals surface area contributed by atoms with Gasteiger partial charge in [-0.05, 0) is 50.3 Å². The second kappa shape index (κ2) is 6.10. The highest BCUT2D eigenvalue weighted by atomic mass is 15.3. The van der Waals surface area contributed by atoms with Gasteiger partial charge in [0.25, 0.3) is 0 Å². The quantitative estimate of drug-likeness (QED) is 0.657. The first-order valence-corrected chi connectivity index (χ1v) is 7.94. The molecule has 0 unspecified atom stereocenters. The molecule has 1 saturated heterocycles. The van der Waals surface area contributed by atoms with Crippen molar-refractivity contribution in [2.75, 3.05) is 18.5 Å². The number of piperidine rings is 1. The zero-order valence-electron chi connectivity index (χ0n) is 12.3. The highest BCUT2D eigenvalue weighted by molar-refractivity contribution is 5.42. The van der Waals surface area contributed by atoms with E-state index in [1.54, 1.807) is 6.20 Å². The number of hydrogen-bond donors (Lipinski definition) is 2. The Morgan fingerprint density at radius 1 is 1.15 bits per heavy atom. The molecule has 2 fully saturated rings. The molecule has 0 aromatic carbocycles. The van der Waals surface area contributed by atoms with E-state index in [1.807, 2.05) is 6.07 Å². The summed E-state index contributed by atoms with van der Waals surface area (Å²) in [4.78, 5) is 6.84. The van der Waals surface area contributed by atoms with Gasteiger partial charge in [0.15, 0.2) is 0 Å². The monoisotopic (exact) mass is 274 g/mol. The molecule has 20 heavy (non-hydrogen) atoms. The molecule has 0 radical (unpaired) electrons. The molecule has 0 amide bonds. The fourth-order valence-corrected chi connectivity index (χ4v) is 3.92. The van der Waals surface area contributed by atoms with E-state index in [4.69, 9.17) is 5.84 Å². The predicted octanol–water partition coefficient (Wildman–Crippen LogP) is 2.91. The second-order valence-corrected chi connectivity index (χ2v) is 6.49. The van der Waals surface area contributed by atoms with Crippen molar-refractivity contribution >= 4 is 5.82 Å². The predicted molar refractivity (Wildman–Crippen MR) is 82.1 cm³/mol. The van der Waals surface area contributed by atoms with Crippen LogP contribution in [-0.2, 0) is 6.54 Å². The first-order valence-electron chi connectivity index (χ1n) is 7.94. The third-order valence-corrected chi connectivity index (χ3v) is 5.25. The number of nitrogen functional groups attached to an aromatic ring is 1. The summed E-state index contributed by atoms with van der Waals surface area (Å²) in [6.07, 6.45) is 11.8. The lowest BCUT2D eigenvalue weighted by Gasteiger charge is -2.44. The molecule has 1 aliphatic heterocycles. The highest BCUT2D eigenvalue weighted by Crippen LogP contribution is 2.44. The van der Waals surface area contributed by atoms with E-state index >= 15 is 0 Å². The smallest absolute Gasteiger partial charge is 0.144 e. The Morgan fingerprint density at radius 2 is 1.90 bits per heavy atom. The van der Waals surface area contributed by atoms with Gasteiger partial charge >= 0.3 is 0 Å². The first-order chi connectivity index (χ1) is 9.81. The van der Waals surface area contributed by atoms with Crippen LogP contribution in [0.2, 0.25) is 0 Å². The number of likely N-dealkylation sites (tertiary alicyclic amines) is 1. The molecular formula is C16H26N4. The zero-order valence-corrected chi connectivity index (χ0v) is 12.3. The van der Waals surface area contributed by atoms with Crippen LogP contribution in [0.5, 0.6) is 0 Å². The minimum Gasteiger partial charge on any atom is -0.308 e. The average molecular weight is 274 g/mol. The third-order valence-electron chi connectivity index (χ3n) is 5.25. The number of nitrogens with zero attached hydrogens (tertiary/aromatic N) is 2. The Kier molecular flexibility index (Phi) is 4.22. The summed E-state index contributed by atoms with van der Waals surface area (Å²) in [5, 5.41) is 0. The number of hydrogen-bond acceptors (Lipinski definition) is 4. The van der Waals surface area contributed by atoms with Gasteiger partial charge in [-0.25, -0.2) is 10.8 Å².